The molecule has 27 heavy (non-hydrogen) atoms. The molecule has 2 amide bonds. The van der Waals surface area contributed by atoms with E-state index in [4.69, 9.17) is 0 Å². The van der Waals surface area contributed by atoms with Crippen LogP contribution in [0.2, 0.25) is 0 Å². The van der Waals surface area contributed by atoms with E-state index >= 15 is 0 Å². The molecule has 0 unspecified atom stereocenters. The van der Waals surface area contributed by atoms with Crippen LogP contribution < -0.4 is 5.32 Å². The molecule has 5 nitrogen and oxygen atoms in total. The predicted octanol–water partition coefficient (Wildman–Crippen LogP) is 4.56. The van der Waals surface area contributed by atoms with E-state index in [1.807, 2.05) is 49.4 Å². The third-order valence-electron chi connectivity index (χ3n) is 3.86. The van der Waals surface area contributed by atoms with Gasteiger partial charge in [0.05, 0.1) is 22.5 Å². The van der Waals surface area contributed by atoms with Crippen molar-refractivity contribution in [1.82, 2.24) is 9.88 Å². The van der Waals surface area contributed by atoms with Crippen molar-refractivity contribution < 1.29 is 9.59 Å². The molecule has 0 atom stereocenters. The van der Waals surface area contributed by atoms with Crippen molar-refractivity contribution in [3.05, 3.63) is 52.5 Å². The highest BCUT2D eigenvalue weighted by atomic mass is 79.9. The number of likely N-dealkylation sites (N-methyl/N-ethyl adjacent to an activating group) is 1. The molecule has 0 aliphatic heterocycles. The summed E-state index contributed by atoms with van der Waals surface area (Å²) >= 11 is 6.36. The minimum absolute atomic E-state index is 0.00867. The van der Waals surface area contributed by atoms with E-state index in [9.17, 15) is 9.59 Å². The van der Waals surface area contributed by atoms with Gasteiger partial charge >= 0.3 is 0 Å². The van der Waals surface area contributed by atoms with Gasteiger partial charge in [0.15, 0.2) is 4.34 Å². The quantitative estimate of drug-likeness (QED) is 0.544. The van der Waals surface area contributed by atoms with Crippen molar-refractivity contribution in [3.63, 3.8) is 0 Å². The number of para-hydroxylation sites is 1. The Hall–Kier alpha value is -1.90. The van der Waals surface area contributed by atoms with Crippen LogP contribution in [-0.4, -0.2) is 41.0 Å². The molecule has 0 spiro atoms. The Labute approximate surface area is 174 Å². The summed E-state index contributed by atoms with van der Waals surface area (Å²) in [5.41, 5.74) is 2.64. The number of thiazole rings is 1. The molecule has 2 aromatic carbocycles. The minimum atomic E-state index is -0.221. The smallest absolute Gasteiger partial charge is 0.243 e. The first-order valence-corrected chi connectivity index (χ1v) is 10.8. The van der Waals surface area contributed by atoms with Gasteiger partial charge in [-0.1, -0.05) is 39.8 Å². The van der Waals surface area contributed by atoms with E-state index in [1.165, 1.54) is 16.7 Å². The molecule has 1 heterocycles. The number of hydrogen-bond acceptors (Lipinski definition) is 5. The number of amides is 2. The molecule has 3 aromatic rings. The van der Waals surface area contributed by atoms with Gasteiger partial charge in [0.1, 0.15) is 0 Å². The summed E-state index contributed by atoms with van der Waals surface area (Å²) in [6.45, 7) is 1.93. The standard InChI is InChI=1S/C19H18BrN3O2S2/c1-12-9-13(20)7-8-14(12)21-17(24)10-23(2)18(25)11-26-19-22-15-5-3-4-6-16(15)27-19/h3-9H,10-11H2,1-2H3,(H,21,24). The number of fused-ring (bicyclic) bond motifs is 1. The van der Waals surface area contributed by atoms with Gasteiger partial charge < -0.3 is 10.2 Å². The Morgan fingerprint density at radius 3 is 2.78 bits per heavy atom. The van der Waals surface area contributed by atoms with Crippen molar-refractivity contribution >= 4 is 66.7 Å². The minimum Gasteiger partial charge on any atom is -0.336 e. The van der Waals surface area contributed by atoms with Crippen LogP contribution in [0.1, 0.15) is 5.56 Å². The second-order valence-corrected chi connectivity index (χ2v) is 9.16. The van der Waals surface area contributed by atoms with Crippen molar-refractivity contribution in [2.24, 2.45) is 0 Å². The Balaban J connectivity index is 1.51. The summed E-state index contributed by atoms with van der Waals surface area (Å²) in [5.74, 6) is -0.0795. The average Bonchev–Trinajstić information content (AvgIpc) is 3.05. The largest absolute Gasteiger partial charge is 0.336 e. The van der Waals surface area contributed by atoms with E-state index in [0.29, 0.717) is 0 Å². The lowest BCUT2D eigenvalue weighted by Gasteiger charge is -2.17. The van der Waals surface area contributed by atoms with Gasteiger partial charge in [-0.25, -0.2) is 4.98 Å². The molecule has 0 fully saturated rings. The van der Waals surface area contributed by atoms with E-state index in [1.54, 1.807) is 18.4 Å². The van der Waals surface area contributed by atoms with Crippen LogP contribution in [0.25, 0.3) is 10.2 Å². The number of nitrogens with zero attached hydrogens (tertiary/aromatic N) is 2. The highest BCUT2D eigenvalue weighted by Crippen LogP contribution is 2.29. The number of halogens is 1. The van der Waals surface area contributed by atoms with E-state index in [0.717, 1.165) is 30.3 Å². The molecule has 0 radical (unpaired) electrons. The summed E-state index contributed by atoms with van der Waals surface area (Å²) < 4.78 is 2.91. The molecular weight excluding hydrogens is 446 g/mol. The highest BCUT2D eigenvalue weighted by molar-refractivity contribution is 9.10. The number of benzene rings is 2. The number of hydrogen-bond donors (Lipinski definition) is 1. The summed E-state index contributed by atoms with van der Waals surface area (Å²) in [7, 11) is 1.63. The van der Waals surface area contributed by atoms with Crippen molar-refractivity contribution in [1.29, 1.82) is 0 Å². The monoisotopic (exact) mass is 463 g/mol. The molecule has 140 valence electrons. The predicted molar refractivity (Wildman–Crippen MR) is 115 cm³/mol. The summed E-state index contributed by atoms with van der Waals surface area (Å²) in [4.78, 5) is 30.5. The number of aromatic nitrogens is 1. The van der Waals surface area contributed by atoms with Crippen LogP contribution in [-0.2, 0) is 9.59 Å². The molecule has 8 heteroatoms. The maximum absolute atomic E-state index is 12.3. The van der Waals surface area contributed by atoms with Crippen molar-refractivity contribution in [3.8, 4) is 0 Å². The number of anilines is 1. The van der Waals surface area contributed by atoms with Crippen LogP contribution in [0.5, 0.6) is 0 Å². The third-order valence-corrected chi connectivity index (χ3v) is 6.52. The van der Waals surface area contributed by atoms with Gasteiger partial charge in [-0.05, 0) is 42.8 Å². The molecule has 1 aromatic heterocycles. The summed E-state index contributed by atoms with van der Waals surface area (Å²) in [6.07, 6.45) is 0. The summed E-state index contributed by atoms with van der Waals surface area (Å²) in [5, 5.41) is 2.84. The normalized spacial score (nSPS) is 10.8. The van der Waals surface area contributed by atoms with Crippen LogP contribution in [0.4, 0.5) is 5.69 Å². The molecule has 0 bridgehead atoms. The number of aryl methyl sites for hydroxylation is 1. The van der Waals surface area contributed by atoms with E-state index in [2.05, 4.69) is 26.2 Å². The zero-order chi connectivity index (χ0) is 19.4. The zero-order valence-corrected chi connectivity index (χ0v) is 18.1. The van der Waals surface area contributed by atoms with Crippen LogP contribution in [0.3, 0.4) is 0 Å². The van der Waals surface area contributed by atoms with Crippen molar-refractivity contribution in [2.75, 3.05) is 24.7 Å². The Morgan fingerprint density at radius 2 is 2.04 bits per heavy atom. The second kappa shape index (κ2) is 8.86. The Morgan fingerprint density at radius 1 is 1.26 bits per heavy atom. The van der Waals surface area contributed by atoms with Crippen LogP contribution >= 0.6 is 39.0 Å². The van der Waals surface area contributed by atoms with Gasteiger partial charge in [0, 0.05) is 17.2 Å². The first kappa shape index (κ1) is 19.9. The Bertz CT molecular complexity index is 957. The van der Waals surface area contributed by atoms with Gasteiger partial charge in [0.25, 0.3) is 0 Å². The third kappa shape index (κ3) is 5.31. The lowest BCUT2D eigenvalue weighted by atomic mass is 10.2. The first-order valence-electron chi connectivity index (χ1n) is 8.21. The average molecular weight is 464 g/mol. The molecule has 1 N–H and O–H groups in total. The van der Waals surface area contributed by atoms with Crippen LogP contribution in [0.15, 0.2) is 51.3 Å². The summed E-state index contributed by atoms with van der Waals surface area (Å²) in [6, 6.07) is 13.5. The van der Waals surface area contributed by atoms with Gasteiger partial charge in [-0.3, -0.25) is 9.59 Å². The molecule has 0 saturated heterocycles. The van der Waals surface area contributed by atoms with Gasteiger partial charge in [0.2, 0.25) is 11.8 Å². The fraction of sp³-hybridized carbons (Fsp3) is 0.211. The number of nitrogens with one attached hydrogen (secondary N) is 1. The fourth-order valence-corrected chi connectivity index (χ4v) is 4.89. The number of thioether (sulfide) groups is 1. The maximum Gasteiger partial charge on any atom is 0.243 e. The molecule has 0 aliphatic carbocycles. The lowest BCUT2D eigenvalue weighted by molar-refractivity contribution is -0.131. The maximum atomic E-state index is 12.3. The number of carbonyl (C=O) groups excluding carboxylic acids is 2. The number of rotatable bonds is 6. The Kier molecular flexibility index (Phi) is 6.51. The number of carbonyl (C=O) groups is 2. The second-order valence-electron chi connectivity index (χ2n) is 5.99. The molecule has 0 aliphatic rings. The van der Waals surface area contributed by atoms with Gasteiger partial charge in [-0.15, -0.1) is 11.3 Å². The SMILES string of the molecule is Cc1cc(Br)ccc1NC(=O)CN(C)C(=O)CSc1nc2ccccc2s1. The topological polar surface area (TPSA) is 62.3 Å². The van der Waals surface area contributed by atoms with Crippen LogP contribution in [0, 0.1) is 6.92 Å². The zero-order valence-electron chi connectivity index (χ0n) is 14.9. The van der Waals surface area contributed by atoms with E-state index < -0.39 is 0 Å². The first-order chi connectivity index (χ1) is 12.9. The lowest BCUT2D eigenvalue weighted by Crippen LogP contribution is -2.36. The fourth-order valence-electron chi connectivity index (χ4n) is 2.41. The van der Waals surface area contributed by atoms with Crippen molar-refractivity contribution in [2.45, 2.75) is 11.3 Å². The van der Waals surface area contributed by atoms with E-state index in [-0.39, 0.29) is 24.1 Å². The highest BCUT2D eigenvalue weighted by Gasteiger charge is 2.15. The molecule has 3 rings (SSSR count). The molecular formula is C19H18BrN3O2S2. The molecule has 0 saturated carbocycles. The van der Waals surface area contributed by atoms with Gasteiger partial charge in [-0.2, -0.15) is 0 Å².